The quantitative estimate of drug-likeness (QED) is 0.235. The Morgan fingerprint density at radius 2 is 1.41 bits per heavy atom. The van der Waals surface area contributed by atoms with Crippen molar-refractivity contribution in [1.29, 1.82) is 0 Å². The molecule has 4 rings (SSSR count). The standard InChI is InChI=1S/C31H32N2O5S/c1-23-13-19-28(20-14-23)39(36,37)33-29(26-15-17-27(38-2)18-16-26)31(30(34)35,21-24-9-5-3-6-10-24)32-22-25-11-7-4-8-12-25/h3-20,29,32-33H,21-22H2,1-2H3,(H,34,35). The summed E-state index contributed by atoms with van der Waals surface area (Å²) in [6.45, 7) is 2.08. The number of sulfonamides is 1. The third kappa shape index (κ3) is 6.72. The molecule has 4 aromatic carbocycles. The third-order valence-electron chi connectivity index (χ3n) is 6.70. The number of carboxylic acid groups (broad SMARTS) is 1. The highest BCUT2D eigenvalue weighted by Crippen LogP contribution is 2.33. The number of hydrogen-bond acceptors (Lipinski definition) is 5. The van der Waals surface area contributed by atoms with Gasteiger partial charge in [-0.05, 0) is 47.9 Å². The summed E-state index contributed by atoms with van der Waals surface area (Å²) in [5.41, 5.74) is 1.24. The molecule has 0 saturated carbocycles. The molecule has 2 unspecified atom stereocenters. The molecule has 0 spiro atoms. The highest BCUT2D eigenvalue weighted by molar-refractivity contribution is 7.89. The topological polar surface area (TPSA) is 105 Å². The van der Waals surface area contributed by atoms with E-state index < -0.39 is 27.6 Å². The first kappa shape index (κ1) is 28.0. The van der Waals surface area contributed by atoms with Gasteiger partial charge in [0.1, 0.15) is 11.3 Å². The lowest BCUT2D eigenvalue weighted by Gasteiger charge is -2.39. The minimum absolute atomic E-state index is 0.0170. The van der Waals surface area contributed by atoms with Crippen molar-refractivity contribution in [2.24, 2.45) is 0 Å². The number of benzene rings is 4. The number of carbonyl (C=O) groups is 1. The molecule has 0 aliphatic rings. The first-order valence-corrected chi connectivity index (χ1v) is 14.0. The Labute approximate surface area is 229 Å². The third-order valence-corrected chi connectivity index (χ3v) is 8.14. The van der Waals surface area contributed by atoms with Crippen LogP contribution in [-0.4, -0.2) is 32.1 Å². The second-order valence-corrected chi connectivity index (χ2v) is 11.1. The monoisotopic (exact) mass is 544 g/mol. The summed E-state index contributed by atoms with van der Waals surface area (Å²) in [6.07, 6.45) is 0.0170. The largest absolute Gasteiger partial charge is 0.497 e. The van der Waals surface area contributed by atoms with E-state index in [9.17, 15) is 18.3 Å². The van der Waals surface area contributed by atoms with Crippen molar-refractivity contribution in [1.82, 2.24) is 10.0 Å². The fourth-order valence-electron chi connectivity index (χ4n) is 4.50. The number of methoxy groups -OCH3 is 1. The van der Waals surface area contributed by atoms with Gasteiger partial charge in [0.2, 0.25) is 10.0 Å². The summed E-state index contributed by atoms with van der Waals surface area (Å²) in [4.78, 5) is 13.4. The minimum atomic E-state index is -4.12. The van der Waals surface area contributed by atoms with E-state index in [-0.39, 0.29) is 17.9 Å². The van der Waals surface area contributed by atoms with Gasteiger partial charge in [-0.25, -0.2) is 13.1 Å². The maximum absolute atomic E-state index is 13.7. The Kier molecular flexibility index (Phi) is 8.81. The smallest absolute Gasteiger partial charge is 0.326 e. The molecule has 0 saturated heterocycles. The zero-order valence-electron chi connectivity index (χ0n) is 21.9. The van der Waals surface area contributed by atoms with E-state index in [4.69, 9.17) is 4.74 Å². The maximum atomic E-state index is 13.7. The SMILES string of the molecule is COc1ccc(C(NS(=O)(=O)c2ccc(C)cc2)C(Cc2ccccc2)(NCc2ccccc2)C(=O)O)cc1. The molecule has 7 nitrogen and oxygen atoms in total. The molecule has 2 atom stereocenters. The van der Waals surface area contributed by atoms with Gasteiger partial charge in [0.15, 0.2) is 0 Å². The number of ether oxygens (including phenoxy) is 1. The van der Waals surface area contributed by atoms with Crippen molar-refractivity contribution >= 4 is 16.0 Å². The number of nitrogens with one attached hydrogen (secondary N) is 2. The van der Waals surface area contributed by atoms with Crippen molar-refractivity contribution in [3.8, 4) is 5.75 Å². The molecule has 0 bridgehead atoms. The van der Waals surface area contributed by atoms with E-state index in [1.165, 1.54) is 19.2 Å². The molecule has 0 aliphatic heterocycles. The fourth-order valence-corrected chi connectivity index (χ4v) is 5.78. The molecule has 0 aliphatic carbocycles. The normalized spacial score (nSPS) is 13.8. The average Bonchev–Trinajstić information content (AvgIpc) is 2.95. The van der Waals surface area contributed by atoms with E-state index in [0.29, 0.717) is 11.3 Å². The van der Waals surface area contributed by atoms with Crippen LogP contribution in [0.4, 0.5) is 0 Å². The molecule has 0 aromatic heterocycles. The Hall–Kier alpha value is -3.98. The summed E-state index contributed by atoms with van der Waals surface area (Å²) in [6, 6.07) is 30.6. The van der Waals surface area contributed by atoms with Crippen LogP contribution in [-0.2, 0) is 27.8 Å². The van der Waals surface area contributed by atoms with E-state index >= 15 is 0 Å². The van der Waals surface area contributed by atoms with Crippen LogP contribution >= 0.6 is 0 Å². The van der Waals surface area contributed by atoms with E-state index in [1.807, 2.05) is 67.6 Å². The Bertz CT molecular complexity index is 1480. The van der Waals surface area contributed by atoms with Crippen molar-refractivity contribution in [2.45, 2.75) is 36.4 Å². The summed E-state index contributed by atoms with van der Waals surface area (Å²) in [5.74, 6) is -0.616. The Morgan fingerprint density at radius 3 is 1.95 bits per heavy atom. The highest BCUT2D eigenvalue weighted by Gasteiger charge is 2.48. The lowest BCUT2D eigenvalue weighted by Crippen LogP contribution is -2.61. The van der Waals surface area contributed by atoms with Crippen LogP contribution in [0.5, 0.6) is 5.75 Å². The van der Waals surface area contributed by atoms with Crippen molar-refractivity contribution in [3.63, 3.8) is 0 Å². The van der Waals surface area contributed by atoms with Gasteiger partial charge in [0.25, 0.3) is 0 Å². The number of aliphatic carboxylic acids is 1. The average molecular weight is 545 g/mol. The zero-order chi connectivity index (χ0) is 27.9. The summed E-state index contributed by atoms with van der Waals surface area (Å²) >= 11 is 0. The highest BCUT2D eigenvalue weighted by atomic mass is 32.2. The van der Waals surface area contributed by atoms with Gasteiger partial charge in [0.05, 0.1) is 18.0 Å². The minimum Gasteiger partial charge on any atom is -0.497 e. The number of hydrogen-bond donors (Lipinski definition) is 3. The van der Waals surface area contributed by atoms with E-state index in [0.717, 1.165) is 16.7 Å². The van der Waals surface area contributed by atoms with Crippen LogP contribution in [0.25, 0.3) is 0 Å². The van der Waals surface area contributed by atoms with Gasteiger partial charge < -0.3 is 9.84 Å². The zero-order valence-corrected chi connectivity index (χ0v) is 22.7. The molecular formula is C31H32N2O5S. The molecule has 0 fully saturated rings. The van der Waals surface area contributed by atoms with Gasteiger partial charge in [-0.15, -0.1) is 0 Å². The maximum Gasteiger partial charge on any atom is 0.326 e. The van der Waals surface area contributed by atoms with Gasteiger partial charge in [-0.3, -0.25) is 10.1 Å². The molecule has 202 valence electrons. The van der Waals surface area contributed by atoms with Crippen LogP contribution in [0.2, 0.25) is 0 Å². The lowest BCUT2D eigenvalue weighted by molar-refractivity contribution is -0.146. The predicted octanol–water partition coefficient (Wildman–Crippen LogP) is 4.88. The molecule has 8 heteroatoms. The van der Waals surface area contributed by atoms with Gasteiger partial charge in [-0.2, -0.15) is 0 Å². The molecule has 0 radical (unpaired) electrons. The lowest BCUT2D eigenvalue weighted by atomic mass is 9.80. The molecule has 0 amide bonds. The van der Waals surface area contributed by atoms with Gasteiger partial charge in [-0.1, -0.05) is 90.5 Å². The summed E-state index contributed by atoms with van der Waals surface area (Å²) < 4.78 is 35.4. The fraction of sp³-hybridized carbons (Fsp3) is 0.194. The van der Waals surface area contributed by atoms with Crippen LogP contribution in [0.1, 0.15) is 28.3 Å². The number of carboxylic acids is 1. The molecule has 4 aromatic rings. The predicted molar refractivity (Wildman–Crippen MR) is 151 cm³/mol. The number of rotatable bonds is 12. The Morgan fingerprint density at radius 1 is 0.846 bits per heavy atom. The molecular weight excluding hydrogens is 512 g/mol. The first-order chi connectivity index (χ1) is 18.7. The second-order valence-electron chi connectivity index (χ2n) is 9.42. The van der Waals surface area contributed by atoms with Crippen molar-refractivity contribution in [3.05, 3.63) is 131 Å². The van der Waals surface area contributed by atoms with Crippen molar-refractivity contribution in [2.75, 3.05) is 7.11 Å². The first-order valence-electron chi connectivity index (χ1n) is 12.5. The second kappa shape index (κ2) is 12.3. The number of aryl methyl sites for hydroxylation is 1. The molecule has 0 heterocycles. The van der Waals surface area contributed by atoms with Crippen LogP contribution < -0.4 is 14.8 Å². The Balaban J connectivity index is 1.87. The van der Waals surface area contributed by atoms with Crippen LogP contribution in [0, 0.1) is 6.92 Å². The van der Waals surface area contributed by atoms with Crippen LogP contribution in [0.3, 0.4) is 0 Å². The summed E-state index contributed by atoms with van der Waals surface area (Å²) in [7, 11) is -2.58. The van der Waals surface area contributed by atoms with E-state index in [1.54, 1.807) is 36.4 Å². The summed E-state index contributed by atoms with van der Waals surface area (Å²) in [5, 5.41) is 14.1. The van der Waals surface area contributed by atoms with Crippen molar-refractivity contribution < 1.29 is 23.1 Å². The molecule has 3 N–H and O–H groups in total. The van der Waals surface area contributed by atoms with Gasteiger partial charge in [0, 0.05) is 13.0 Å². The van der Waals surface area contributed by atoms with Gasteiger partial charge >= 0.3 is 5.97 Å². The van der Waals surface area contributed by atoms with E-state index in [2.05, 4.69) is 10.0 Å². The molecule has 39 heavy (non-hydrogen) atoms. The van der Waals surface area contributed by atoms with Crippen LogP contribution in [0.15, 0.2) is 114 Å².